The Kier molecular flexibility index (Phi) is 5.06. The number of carbonyl (C=O) groups is 2. The smallest absolute Gasteiger partial charge is 0.328 e. The fourth-order valence-corrected chi connectivity index (χ4v) is 3.50. The highest BCUT2D eigenvalue weighted by atomic mass is 16.4. The average molecular weight is 401 g/mol. The molecule has 1 heterocycles. The second kappa shape index (κ2) is 7.83. The summed E-state index contributed by atoms with van der Waals surface area (Å²) in [4.78, 5) is 35.3. The van der Waals surface area contributed by atoms with Crippen LogP contribution in [0.4, 0.5) is 5.69 Å². The van der Waals surface area contributed by atoms with Gasteiger partial charge in [-0.25, -0.2) is 4.79 Å². The number of carboxylic acids is 1. The molecule has 0 radical (unpaired) electrons. The molecule has 6 nitrogen and oxygen atoms in total. The second-order valence-corrected chi connectivity index (χ2v) is 7.19. The highest BCUT2D eigenvalue weighted by Gasteiger charge is 2.24. The number of rotatable bonds is 4. The normalized spacial score (nSPS) is 14.4. The van der Waals surface area contributed by atoms with Gasteiger partial charge in [0.05, 0.1) is 5.39 Å². The molecule has 1 aromatic heterocycles. The number of carboxylic acid groups (broad SMARTS) is 1. The Morgan fingerprint density at radius 1 is 1.07 bits per heavy atom. The maximum absolute atomic E-state index is 12.9. The lowest BCUT2D eigenvalue weighted by Crippen LogP contribution is -2.11. The molecule has 4 rings (SSSR count). The fourth-order valence-electron chi connectivity index (χ4n) is 3.50. The molecule has 3 aromatic rings. The largest absolute Gasteiger partial charge is 0.478 e. The summed E-state index contributed by atoms with van der Waals surface area (Å²) in [6.45, 7) is 2.03. The van der Waals surface area contributed by atoms with Crippen molar-refractivity contribution >= 4 is 40.2 Å². The molecule has 0 saturated carbocycles. The zero-order valence-corrected chi connectivity index (χ0v) is 16.3. The number of nitrogens with one attached hydrogen (secondary N) is 1. The first-order valence-electron chi connectivity index (χ1n) is 9.50. The molecule has 0 fully saturated rings. The van der Waals surface area contributed by atoms with Gasteiger partial charge in [-0.05, 0) is 49.1 Å². The first-order valence-corrected chi connectivity index (χ1v) is 9.50. The number of carbonyl (C=O) groups excluding carboxylic acids is 1. The zero-order chi connectivity index (χ0) is 21.3. The van der Waals surface area contributed by atoms with E-state index in [2.05, 4.69) is 5.32 Å². The standard InChI is InChI=1S/C24H19NO5/c1-14-2-4-15(5-3-14)12-16-6-8-19-23(29)18-9-7-17(13-20(18)30-24(16)19)25-21(26)10-11-22(27)28/h2-5,7,9-13H,6,8H2,1H3,(H,25,26)(H,27,28)/b11-10-,16-12+. The lowest BCUT2D eigenvalue weighted by Gasteiger charge is -2.07. The van der Waals surface area contributed by atoms with Crippen LogP contribution in [0.3, 0.4) is 0 Å². The SMILES string of the molecule is Cc1ccc(/C=C2\CCc3c2oc2cc(NC(=O)/C=C\C(=O)O)ccc2c3=O)cc1. The van der Waals surface area contributed by atoms with Crippen LogP contribution >= 0.6 is 0 Å². The number of benzene rings is 2. The van der Waals surface area contributed by atoms with Crippen molar-refractivity contribution in [2.24, 2.45) is 0 Å². The molecule has 0 bridgehead atoms. The van der Waals surface area contributed by atoms with Crippen molar-refractivity contribution in [2.75, 3.05) is 5.32 Å². The summed E-state index contributed by atoms with van der Waals surface area (Å²) in [6.07, 6.45) is 5.06. The van der Waals surface area contributed by atoms with E-state index in [9.17, 15) is 14.4 Å². The van der Waals surface area contributed by atoms with Crippen LogP contribution in [0.15, 0.2) is 63.8 Å². The van der Waals surface area contributed by atoms with Gasteiger partial charge in [0.2, 0.25) is 5.91 Å². The lowest BCUT2D eigenvalue weighted by molar-refractivity contribution is -0.131. The van der Waals surface area contributed by atoms with Gasteiger partial charge in [0, 0.05) is 29.5 Å². The number of aliphatic carboxylic acids is 1. The molecule has 0 unspecified atom stereocenters. The number of anilines is 1. The molecular formula is C24H19NO5. The number of hydrogen-bond donors (Lipinski definition) is 2. The highest BCUT2D eigenvalue weighted by molar-refractivity contribution is 6.03. The highest BCUT2D eigenvalue weighted by Crippen LogP contribution is 2.34. The molecule has 0 atom stereocenters. The minimum absolute atomic E-state index is 0.0674. The van der Waals surface area contributed by atoms with Gasteiger partial charge in [0.1, 0.15) is 11.3 Å². The summed E-state index contributed by atoms with van der Waals surface area (Å²) in [5, 5.41) is 11.6. The van der Waals surface area contributed by atoms with Crippen LogP contribution in [-0.2, 0) is 16.0 Å². The van der Waals surface area contributed by atoms with Gasteiger partial charge in [0.15, 0.2) is 5.43 Å². The van der Waals surface area contributed by atoms with E-state index in [0.29, 0.717) is 34.4 Å². The van der Waals surface area contributed by atoms with Crippen LogP contribution in [0.25, 0.3) is 22.6 Å². The van der Waals surface area contributed by atoms with E-state index in [1.165, 1.54) is 5.56 Å². The maximum Gasteiger partial charge on any atom is 0.328 e. The average Bonchev–Trinajstić information content (AvgIpc) is 3.11. The Hall–Kier alpha value is -3.93. The van der Waals surface area contributed by atoms with Gasteiger partial charge >= 0.3 is 5.97 Å². The van der Waals surface area contributed by atoms with E-state index in [-0.39, 0.29) is 5.43 Å². The van der Waals surface area contributed by atoms with Gasteiger partial charge in [-0.3, -0.25) is 9.59 Å². The Morgan fingerprint density at radius 3 is 2.57 bits per heavy atom. The summed E-state index contributed by atoms with van der Waals surface area (Å²) in [7, 11) is 0. The number of aryl methyl sites for hydroxylation is 1. The summed E-state index contributed by atoms with van der Waals surface area (Å²) in [6, 6.07) is 12.9. The molecule has 150 valence electrons. The van der Waals surface area contributed by atoms with Crippen molar-refractivity contribution in [3.8, 4) is 0 Å². The van der Waals surface area contributed by atoms with Crippen molar-refractivity contribution in [3.05, 3.63) is 87.3 Å². The summed E-state index contributed by atoms with van der Waals surface area (Å²) >= 11 is 0. The minimum atomic E-state index is -1.21. The van der Waals surface area contributed by atoms with E-state index < -0.39 is 11.9 Å². The van der Waals surface area contributed by atoms with Crippen LogP contribution in [0.1, 0.15) is 28.9 Å². The molecular weight excluding hydrogens is 382 g/mol. The molecule has 30 heavy (non-hydrogen) atoms. The molecule has 2 N–H and O–H groups in total. The zero-order valence-electron chi connectivity index (χ0n) is 16.3. The van der Waals surface area contributed by atoms with Crippen molar-refractivity contribution in [1.29, 1.82) is 0 Å². The number of fused-ring (bicyclic) bond motifs is 2. The number of amides is 1. The van der Waals surface area contributed by atoms with E-state index in [0.717, 1.165) is 29.7 Å². The van der Waals surface area contributed by atoms with E-state index in [1.807, 2.05) is 37.3 Å². The predicted molar refractivity (Wildman–Crippen MR) is 115 cm³/mol. The first-order chi connectivity index (χ1) is 14.4. The quantitative estimate of drug-likeness (QED) is 0.640. The molecule has 1 amide bonds. The summed E-state index contributed by atoms with van der Waals surface area (Å²) < 4.78 is 6.08. The van der Waals surface area contributed by atoms with Gasteiger partial charge in [-0.15, -0.1) is 0 Å². The summed E-state index contributed by atoms with van der Waals surface area (Å²) in [5.41, 5.74) is 4.56. The van der Waals surface area contributed by atoms with Crippen LogP contribution in [-0.4, -0.2) is 17.0 Å². The van der Waals surface area contributed by atoms with E-state index in [1.54, 1.807) is 18.2 Å². The molecule has 0 aliphatic heterocycles. The third-order valence-electron chi connectivity index (χ3n) is 4.99. The van der Waals surface area contributed by atoms with Crippen molar-refractivity contribution in [2.45, 2.75) is 19.8 Å². The van der Waals surface area contributed by atoms with Crippen LogP contribution < -0.4 is 10.7 Å². The summed E-state index contributed by atoms with van der Waals surface area (Å²) in [5.74, 6) is -1.21. The molecule has 2 aromatic carbocycles. The molecule has 0 spiro atoms. The first kappa shape index (κ1) is 19.4. The van der Waals surface area contributed by atoms with Crippen molar-refractivity contribution < 1.29 is 19.1 Å². The molecule has 1 aliphatic rings. The fraction of sp³-hybridized carbons (Fsp3) is 0.125. The lowest BCUT2D eigenvalue weighted by atomic mass is 10.1. The van der Waals surface area contributed by atoms with Gasteiger partial charge in [-0.2, -0.15) is 0 Å². The van der Waals surface area contributed by atoms with Gasteiger partial charge < -0.3 is 14.8 Å². The van der Waals surface area contributed by atoms with E-state index in [4.69, 9.17) is 9.52 Å². The maximum atomic E-state index is 12.9. The number of allylic oxidation sites excluding steroid dienone is 1. The minimum Gasteiger partial charge on any atom is -0.478 e. The Morgan fingerprint density at radius 2 is 1.83 bits per heavy atom. The topological polar surface area (TPSA) is 96.6 Å². The third kappa shape index (κ3) is 3.93. The van der Waals surface area contributed by atoms with Gasteiger partial charge in [-0.1, -0.05) is 29.8 Å². The van der Waals surface area contributed by atoms with E-state index >= 15 is 0 Å². The van der Waals surface area contributed by atoms with Crippen LogP contribution in [0.5, 0.6) is 0 Å². The Balaban J connectivity index is 1.71. The monoisotopic (exact) mass is 401 g/mol. The van der Waals surface area contributed by atoms with Crippen molar-refractivity contribution in [3.63, 3.8) is 0 Å². The molecule has 0 saturated heterocycles. The molecule has 1 aliphatic carbocycles. The van der Waals surface area contributed by atoms with Crippen LogP contribution in [0.2, 0.25) is 0 Å². The van der Waals surface area contributed by atoms with Crippen molar-refractivity contribution in [1.82, 2.24) is 0 Å². The second-order valence-electron chi connectivity index (χ2n) is 7.19. The molecule has 6 heteroatoms. The third-order valence-corrected chi connectivity index (χ3v) is 4.99. The van der Waals surface area contributed by atoms with Crippen LogP contribution in [0, 0.1) is 6.92 Å². The number of hydrogen-bond acceptors (Lipinski definition) is 4. The Bertz CT molecular complexity index is 1280. The Labute approximate surface area is 172 Å². The predicted octanol–water partition coefficient (Wildman–Crippen LogP) is 4.17. The van der Waals surface area contributed by atoms with Gasteiger partial charge in [0.25, 0.3) is 0 Å².